The number of piperidine rings is 1. The first-order valence-corrected chi connectivity index (χ1v) is 10.3. The number of rotatable bonds is 8. The van der Waals surface area contributed by atoms with Crippen LogP contribution in [0.5, 0.6) is 0 Å². The molecule has 2 saturated heterocycles. The van der Waals surface area contributed by atoms with Crippen molar-refractivity contribution in [2.24, 2.45) is 5.92 Å². The summed E-state index contributed by atoms with van der Waals surface area (Å²) >= 11 is 0. The summed E-state index contributed by atoms with van der Waals surface area (Å²) in [5.74, 6) is 0.651. The molecule has 3 rings (SSSR count). The Balaban J connectivity index is 1.36. The van der Waals surface area contributed by atoms with E-state index >= 15 is 0 Å². The van der Waals surface area contributed by atoms with Crippen LogP contribution in [0.1, 0.15) is 48.9 Å². The Morgan fingerprint density at radius 2 is 1.78 bits per heavy atom. The fraction of sp³-hybridized carbons (Fsp3) is 0.619. The number of anilines is 1. The normalized spacial score (nSPS) is 18.4. The first kappa shape index (κ1) is 19.8. The Kier molecular flexibility index (Phi) is 7.66. The summed E-state index contributed by atoms with van der Waals surface area (Å²) in [6.45, 7) is 6.00. The van der Waals surface area contributed by atoms with Gasteiger partial charge in [-0.25, -0.2) is 0 Å². The second-order valence-electron chi connectivity index (χ2n) is 7.66. The summed E-state index contributed by atoms with van der Waals surface area (Å²) < 4.78 is 0. The van der Waals surface area contributed by atoms with Gasteiger partial charge in [0.15, 0.2) is 0 Å². The van der Waals surface area contributed by atoms with E-state index in [0.29, 0.717) is 24.4 Å². The lowest BCUT2D eigenvalue weighted by atomic mass is 9.93. The summed E-state index contributed by atoms with van der Waals surface area (Å²) in [7, 11) is 0. The Bertz CT molecular complexity index is 605. The van der Waals surface area contributed by atoms with Crippen LogP contribution in [-0.2, 0) is 4.79 Å². The lowest BCUT2D eigenvalue weighted by molar-refractivity contribution is -0.116. The van der Waals surface area contributed by atoms with E-state index < -0.39 is 0 Å². The third-order valence-electron chi connectivity index (χ3n) is 5.58. The highest BCUT2D eigenvalue weighted by Gasteiger charge is 2.15. The molecular weight excluding hydrogens is 340 g/mol. The molecule has 6 nitrogen and oxygen atoms in total. The van der Waals surface area contributed by atoms with E-state index in [1.165, 1.54) is 12.8 Å². The van der Waals surface area contributed by atoms with Crippen molar-refractivity contribution in [2.45, 2.75) is 38.5 Å². The number of carbonyl (C=O) groups excluding carboxylic acids is 2. The smallest absolute Gasteiger partial charge is 0.251 e. The van der Waals surface area contributed by atoms with Crippen molar-refractivity contribution in [3.63, 3.8) is 0 Å². The Labute approximate surface area is 162 Å². The largest absolute Gasteiger partial charge is 0.351 e. The van der Waals surface area contributed by atoms with Gasteiger partial charge < -0.3 is 20.9 Å². The van der Waals surface area contributed by atoms with Gasteiger partial charge in [0.25, 0.3) is 5.91 Å². The van der Waals surface area contributed by atoms with E-state index in [1.807, 2.05) is 0 Å². The van der Waals surface area contributed by atoms with E-state index in [-0.39, 0.29) is 11.8 Å². The molecule has 0 bridgehead atoms. The average molecular weight is 373 g/mol. The molecule has 6 heteroatoms. The number of amides is 2. The molecule has 1 aromatic carbocycles. The highest BCUT2D eigenvalue weighted by atomic mass is 16.2. The topological polar surface area (TPSA) is 73.5 Å². The lowest BCUT2D eigenvalue weighted by Gasteiger charge is -2.22. The highest BCUT2D eigenvalue weighted by molar-refractivity contribution is 5.95. The zero-order valence-electron chi connectivity index (χ0n) is 16.1. The van der Waals surface area contributed by atoms with Crippen LogP contribution in [0.3, 0.4) is 0 Å². The van der Waals surface area contributed by atoms with Gasteiger partial charge in [0.05, 0.1) is 0 Å². The standard InChI is InChI=1S/C21H32N4O2/c26-20(8-3-17-9-11-22-12-10-17)24-19-6-4-18(5-7-19)21(27)23-13-16-25-14-1-2-15-25/h4-7,17,22H,1-3,8-16H2,(H,23,27)(H,24,26). The Morgan fingerprint density at radius 3 is 2.48 bits per heavy atom. The molecule has 2 aliphatic rings. The molecular formula is C21H32N4O2. The molecule has 2 fully saturated rings. The van der Waals surface area contributed by atoms with Crippen molar-refractivity contribution in [3.8, 4) is 0 Å². The van der Waals surface area contributed by atoms with Crippen LogP contribution in [0, 0.1) is 5.92 Å². The summed E-state index contributed by atoms with van der Waals surface area (Å²) in [6.07, 6.45) is 6.36. The van der Waals surface area contributed by atoms with Crippen LogP contribution >= 0.6 is 0 Å². The number of nitrogens with zero attached hydrogens (tertiary/aromatic N) is 1. The van der Waals surface area contributed by atoms with Gasteiger partial charge in [-0.05, 0) is 88.5 Å². The van der Waals surface area contributed by atoms with Crippen LogP contribution in [0.15, 0.2) is 24.3 Å². The summed E-state index contributed by atoms with van der Waals surface area (Å²) in [5.41, 5.74) is 1.38. The van der Waals surface area contributed by atoms with Gasteiger partial charge in [-0.3, -0.25) is 9.59 Å². The van der Waals surface area contributed by atoms with Crippen molar-refractivity contribution >= 4 is 17.5 Å². The van der Waals surface area contributed by atoms with Crippen molar-refractivity contribution in [3.05, 3.63) is 29.8 Å². The minimum Gasteiger partial charge on any atom is -0.351 e. The van der Waals surface area contributed by atoms with Gasteiger partial charge in [0.1, 0.15) is 0 Å². The van der Waals surface area contributed by atoms with Crippen molar-refractivity contribution < 1.29 is 9.59 Å². The van der Waals surface area contributed by atoms with Gasteiger partial charge in [-0.15, -0.1) is 0 Å². The molecule has 0 aromatic heterocycles. The van der Waals surface area contributed by atoms with Gasteiger partial charge in [0.2, 0.25) is 5.91 Å². The second kappa shape index (κ2) is 10.4. The fourth-order valence-electron chi connectivity index (χ4n) is 3.87. The molecule has 0 aliphatic carbocycles. The Morgan fingerprint density at radius 1 is 1.07 bits per heavy atom. The van der Waals surface area contributed by atoms with E-state index in [1.54, 1.807) is 24.3 Å². The van der Waals surface area contributed by atoms with E-state index in [0.717, 1.165) is 57.7 Å². The van der Waals surface area contributed by atoms with Gasteiger partial charge in [0, 0.05) is 30.8 Å². The maximum atomic E-state index is 12.2. The predicted octanol–water partition coefficient (Wildman–Crippen LogP) is 2.23. The van der Waals surface area contributed by atoms with Gasteiger partial charge in [-0.2, -0.15) is 0 Å². The number of nitrogens with one attached hydrogen (secondary N) is 3. The first-order valence-electron chi connectivity index (χ1n) is 10.3. The summed E-state index contributed by atoms with van der Waals surface area (Å²) in [5, 5.41) is 9.25. The van der Waals surface area contributed by atoms with Crippen LogP contribution in [0.25, 0.3) is 0 Å². The van der Waals surface area contributed by atoms with Crippen LogP contribution in [0.4, 0.5) is 5.69 Å². The highest BCUT2D eigenvalue weighted by Crippen LogP contribution is 2.18. The van der Waals surface area contributed by atoms with Crippen LogP contribution in [-0.4, -0.2) is 56.0 Å². The number of hydrogen-bond donors (Lipinski definition) is 3. The fourth-order valence-corrected chi connectivity index (χ4v) is 3.87. The second-order valence-corrected chi connectivity index (χ2v) is 7.66. The number of benzene rings is 1. The van der Waals surface area contributed by atoms with Crippen molar-refractivity contribution in [1.29, 1.82) is 0 Å². The van der Waals surface area contributed by atoms with Crippen molar-refractivity contribution in [2.75, 3.05) is 44.6 Å². The minimum absolute atomic E-state index is 0.0522. The maximum absolute atomic E-state index is 12.2. The monoisotopic (exact) mass is 372 g/mol. The number of likely N-dealkylation sites (tertiary alicyclic amines) is 1. The molecule has 0 saturated carbocycles. The third kappa shape index (κ3) is 6.63. The maximum Gasteiger partial charge on any atom is 0.251 e. The van der Waals surface area contributed by atoms with Crippen molar-refractivity contribution in [1.82, 2.24) is 15.5 Å². The molecule has 148 valence electrons. The summed E-state index contributed by atoms with van der Waals surface area (Å²) in [4.78, 5) is 26.7. The Hall–Kier alpha value is -1.92. The zero-order valence-corrected chi connectivity index (χ0v) is 16.1. The summed E-state index contributed by atoms with van der Waals surface area (Å²) in [6, 6.07) is 7.15. The molecule has 2 aliphatic heterocycles. The molecule has 0 unspecified atom stereocenters. The molecule has 0 radical (unpaired) electrons. The minimum atomic E-state index is -0.0574. The van der Waals surface area contributed by atoms with Gasteiger partial charge in [-0.1, -0.05) is 0 Å². The molecule has 2 heterocycles. The third-order valence-corrected chi connectivity index (χ3v) is 5.58. The first-order chi connectivity index (χ1) is 13.2. The van der Waals surface area contributed by atoms with E-state index in [2.05, 4.69) is 20.9 Å². The van der Waals surface area contributed by atoms with Crippen LogP contribution in [0.2, 0.25) is 0 Å². The molecule has 0 spiro atoms. The van der Waals surface area contributed by atoms with Gasteiger partial charge >= 0.3 is 0 Å². The van der Waals surface area contributed by atoms with E-state index in [4.69, 9.17) is 0 Å². The molecule has 3 N–H and O–H groups in total. The number of hydrogen-bond acceptors (Lipinski definition) is 4. The SMILES string of the molecule is O=C(CCC1CCNCC1)Nc1ccc(C(=O)NCCN2CCCC2)cc1. The zero-order chi connectivity index (χ0) is 18.9. The number of carbonyl (C=O) groups is 2. The quantitative estimate of drug-likeness (QED) is 0.654. The molecule has 0 atom stereocenters. The molecule has 1 aromatic rings. The van der Waals surface area contributed by atoms with E-state index in [9.17, 15) is 9.59 Å². The average Bonchev–Trinajstić information content (AvgIpc) is 3.21. The lowest BCUT2D eigenvalue weighted by Crippen LogP contribution is -2.33. The van der Waals surface area contributed by atoms with Crippen LogP contribution < -0.4 is 16.0 Å². The molecule has 27 heavy (non-hydrogen) atoms. The molecule has 2 amide bonds. The predicted molar refractivity (Wildman–Crippen MR) is 108 cm³/mol.